The first kappa shape index (κ1) is 14.2. The summed E-state index contributed by atoms with van der Waals surface area (Å²) in [5, 5.41) is 0.366. The SMILES string of the molecule is Cn1ccnc1S(=O)(=O)Cc1cc(Cl)c2c(c1)OCCO2. The van der Waals surface area contributed by atoms with Crippen molar-refractivity contribution >= 4 is 21.4 Å². The third-order valence-corrected chi connectivity index (χ3v) is 5.01. The highest BCUT2D eigenvalue weighted by Crippen LogP contribution is 2.38. The minimum absolute atomic E-state index is 0.0218. The molecule has 6 nitrogen and oxygen atoms in total. The number of sulfone groups is 1. The fourth-order valence-electron chi connectivity index (χ4n) is 2.18. The third-order valence-electron chi connectivity index (χ3n) is 3.07. The Balaban J connectivity index is 1.95. The smallest absolute Gasteiger partial charge is 0.227 e. The third kappa shape index (κ3) is 2.71. The van der Waals surface area contributed by atoms with E-state index in [1.54, 1.807) is 25.4 Å². The molecule has 0 unspecified atom stereocenters. The van der Waals surface area contributed by atoms with Crippen molar-refractivity contribution in [2.45, 2.75) is 10.9 Å². The van der Waals surface area contributed by atoms with Crippen LogP contribution >= 0.6 is 11.6 Å². The molecule has 1 aliphatic heterocycles. The molecule has 0 radical (unpaired) electrons. The lowest BCUT2D eigenvalue weighted by molar-refractivity contribution is 0.171. The van der Waals surface area contributed by atoms with Gasteiger partial charge in [0.2, 0.25) is 15.0 Å². The average Bonchev–Trinajstić information content (AvgIpc) is 2.85. The van der Waals surface area contributed by atoms with Gasteiger partial charge in [0.25, 0.3) is 0 Å². The normalized spacial score (nSPS) is 14.2. The quantitative estimate of drug-likeness (QED) is 0.859. The van der Waals surface area contributed by atoms with E-state index in [1.165, 1.54) is 10.8 Å². The van der Waals surface area contributed by atoms with Gasteiger partial charge in [-0.3, -0.25) is 0 Å². The zero-order chi connectivity index (χ0) is 15.0. The molecule has 0 saturated heterocycles. The molecule has 2 aromatic rings. The molecule has 0 bridgehead atoms. The summed E-state index contributed by atoms with van der Waals surface area (Å²) < 4.78 is 37.1. The highest BCUT2D eigenvalue weighted by atomic mass is 35.5. The maximum atomic E-state index is 12.4. The topological polar surface area (TPSA) is 70.4 Å². The Hall–Kier alpha value is -1.73. The Morgan fingerprint density at radius 3 is 2.81 bits per heavy atom. The molecule has 0 spiro atoms. The molecule has 3 rings (SSSR count). The van der Waals surface area contributed by atoms with E-state index in [1.807, 2.05) is 0 Å². The molecule has 0 amide bonds. The van der Waals surface area contributed by atoms with E-state index in [9.17, 15) is 8.42 Å². The maximum Gasteiger partial charge on any atom is 0.227 e. The summed E-state index contributed by atoms with van der Waals surface area (Å²) in [7, 11) is -1.91. The van der Waals surface area contributed by atoms with Crippen LogP contribution < -0.4 is 9.47 Å². The molecule has 1 aromatic heterocycles. The van der Waals surface area contributed by atoms with Crippen LogP contribution in [0.15, 0.2) is 29.7 Å². The Morgan fingerprint density at radius 1 is 1.33 bits per heavy atom. The largest absolute Gasteiger partial charge is 0.486 e. The van der Waals surface area contributed by atoms with Crippen molar-refractivity contribution in [2.24, 2.45) is 7.05 Å². The molecule has 1 aromatic carbocycles. The Labute approximate surface area is 127 Å². The second-order valence-corrected chi connectivity index (χ2v) is 6.97. The molecular weight excluding hydrogens is 316 g/mol. The summed E-state index contributed by atoms with van der Waals surface area (Å²) in [6.45, 7) is 0.844. The minimum atomic E-state index is -3.55. The van der Waals surface area contributed by atoms with Crippen LogP contribution in [0.25, 0.3) is 0 Å². The number of benzene rings is 1. The number of nitrogens with zero attached hydrogens (tertiary/aromatic N) is 2. The highest BCUT2D eigenvalue weighted by molar-refractivity contribution is 7.90. The van der Waals surface area contributed by atoms with Crippen LogP contribution in [-0.4, -0.2) is 31.2 Å². The molecule has 0 saturated carbocycles. The van der Waals surface area contributed by atoms with Gasteiger partial charge in [-0.25, -0.2) is 13.4 Å². The van der Waals surface area contributed by atoms with Gasteiger partial charge in [-0.05, 0) is 17.7 Å². The molecule has 112 valence electrons. The number of halogens is 1. The molecule has 0 N–H and O–H groups in total. The predicted molar refractivity (Wildman–Crippen MR) is 76.5 cm³/mol. The summed E-state index contributed by atoms with van der Waals surface area (Å²) in [6, 6.07) is 3.22. The summed E-state index contributed by atoms with van der Waals surface area (Å²) in [5.41, 5.74) is 0.534. The van der Waals surface area contributed by atoms with E-state index in [0.29, 0.717) is 35.3 Å². The van der Waals surface area contributed by atoms with Crippen molar-refractivity contribution < 1.29 is 17.9 Å². The van der Waals surface area contributed by atoms with Gasteiger partial charge in [-0.2, -0.15) is 0 Å². The zero-order valence-corrected chi connectivity index (χ0v) is 12.8. The Bertz CT molecular complexity index is 785. The van der Waals surface area contributed by atoms with Crippen LogP contribution in [0.2, 0.25) is 5.02 Å². The van der Waals surface area contributed by atoms with Crippen LogP contribution in [0, 0.1) is 0 Å². The van der Waals surface area contributed by atoms with Crippen LogP contribution in [0.4, 0.5) is 0 Å². The number of hydrogen-bond donors (Lipinski definition) is 0. The molecule has 0 fully saturated rings. The number of aryl methyl sites for hydroxylation is 1. The fourth-order valence-corrected chi connectivity index (χ4v) is 3.93. The van der Waals surface area contributed by atoms with Crippen LogP contribution in [0.5, 0.6) is 11.5 Å². The summed E-state index contributed by atoms with van der Waals surface area (Å²) >= 11 is 6.11. The van der Waals surface area contributed by atoms with Crippen LogP contribution in [0.1, 0.15) is 5.56 Å². The average molecular weight is 329 g/mol. The monoisotopic (exact) mass is 328 g/mol. The standard InChI is InChI=1S/C13H13ClN2O4S/c1-16-3-2-15-13(16)21(17,18)8-9-6-10(14)12-11(7-9)19-4-5-20-12/h2-3,6-7H,4-5,8H2,1H3. The lowest BCUT2D eigenvalue weighted by Gasteiger charge is -2.20. The van der Waals surface area contributed by atoms with Crippen LogP contribution in [-0.2, 0) is 22.6 Å². The highest BCUT2D eigenvalue weighted by Gasteiger charge is 2.23. The van der Waals surface area contributed by atoms with Gasteiger partial charge in [0.15, 0.2) is 11.5 Å². The summed E-state index contributed by atoms with van der Waals surface area (Å²) in [6.07, 6.45) is 3.04. The van der Waals surface area contributed by atoms with Crippen molar-refractivity contribution in [2.75, 3.05) is 13.2 Å². The van der Waals surface area contributed by atoms with Crippen molar-refractivity contribution in [3.05, 3.63) is 35.1 Å². The van der Waals surface area contributed by atoms with E-state index in [-0.39, 0.29) is 10.9 Å². The molecule has 0 atom stereocenters. The van der Waals surface area contributed by atoms with Gasteiger partial charge >= 0.3 is 0 Å². The van der Waals surface area contributed by atoms with Crippen molar-refractivity contribution in [1.29, 1.82) is 0 Å². The summed E-state index contributed by atoms with van der Waals surface area (Å²) in [4.78, 5) is 3.88. The maximum absolute atomic E-state index is 12.4. The Morgan fingerprint density at radius 2 is 2.10 bits per heavy atom. The van der Waals surface area contributed by atoms with Crippen LogP contribution in [0.3, 0.4) is 0 Å². The number of fused-ring (bicyclic) bond motifs is 1. The predicted octanol–water partition coefficient (Wildman–Crippen LogP) is 1.82. The van der Waals surface area contributed by atoms with Gasteiger partial charge in [0.05, 0.1) is 10.8 Å². The van der Waals surface area contributed by atoms with Gasteiger partial charge < -0.3 is 14.0 Å². The molecule has 0 aliphatic carbocycles. The minimum Gasteiger partial charge on any atom is -0.486 e. The lowest BCUT2D eigenvalue weighted by Crippen LogP contribution is -2.16. The first-order chi connectivity index (χ1) is 9.97. The first-order valence-electron chi connectivity index (χ1n) is 6.25. The van der Waals surface area contributed by atoms with E-state index >= 15 is 0 Å². The second kappa shape index (κ2) is 5.23. The van der Waals surface area contributed by atoms with E-state index in [0.717, 1.165) is 0 Å². The van der Waals surface area contributed by atoms with Crippen molar-refractivity contribution in [3.8, 4) is 11.5 Å². The first-order valence-corrected chi connectivity index (χ1v) is 8.28. The van der Waals surface area contributed by atoms with E-state index < -0.39 is 9.84 Å². The van der Waals surface area contributed by atoms with Gasteiger partial charge in [-0.15, -0.1) is 0 Å². The number of ether oxygens (including phenoxy) is 2. The molecular formula is C13H13ClN2O4S. The summed E-state index contributed by atoms with van der Waals surface area (Å²) in [5.74, 6) is 0.730. The molecule has 1 aliphatic rings. The lowest BCUT2D eigenvalue weighted by atomic mass is 10.2. The molecule has 2 heterocycles. The van der Waals surface area contributed by atoms with Gasteiger partial charge in [-0.1, -0.05) is 11.6 Å². The number of hydrogen-bond acceptors (Lipinski definition) is 5. The fraction of sp³-hybridized carbons (Fsp3) is 0.308. The van der Waals surface area contributed by atoms with Gasteiger partial charge in [0, 0.05) is 19.4 Å². The van der Waals surface area contributed by atoms with Gasteiger partial charge in [0.1, 0.15) is 13.2 Å². The molecule has 8 heteroatoms. The van der Waals surface area contributed by atoms with Crippen molar-refractivity contribution in [1.82, 2.24) is 9.55 Å². The Kier molecular flexibility index (Phi) is 3.54. The van der Waals surface area contributed by atoms with E-state index in [2.05, 4.69) is 4.98 Å². The zero-order valence-electron chi connectivity index (χ0n) is 11.2. The molecule has 21 heavy (non-hydrogen) atoms. The van der Waals surface area contributed by atoms with Crippen molar-refractivity contribution in [3.63, 3.8) is 0 Å². The number of imidazole rings is 1. The van der Waals surface area contributed by atoms with E-state index in [4.69, 9.17) is 21.1 Å². The second-order valence-electron chi connectivity index (χ2n) is 4.68. The number of rotatable bonds is 3. The number of aromatic nitrogens is 2.